The number of aryl methyl sites for hydroxylation is 2. The number of azo groups is 1. The molecule has 0 amide bonds. The number of phenolic OH excluding ortho intramolecular Hbond substituents is 1. The summed E-state index contributed by atoms with van der Waals surface area (Å²) in [6.07, 6.45) is 1.61. The zero-order chi connectivity index (χ0) is 17.3. The molecule has 7 heteroatoms. The third-order valence-electron chi connectivity index (χ3n) is 3.56. The van der Waals surface area contributed by atoms with Gasteiger partial charge in [-0.1, -0.05) is 6.07 Å². The summed E-state index contributed by atoms with van der Waals surface area (Å²) in [5.74, 6) is -0.431. The maximum atomic E-state index is 11.1. The maximum Gasteiger partial charge on any atom is 0.309 e. The van der Waals surface area contributed by atoms with E-state index >= 15 is 0 Å². The van der Waals surface area contributed by atoms with Crippen LogP contribution in [0, 0.1) is 13.8 Å². The van der Waals surface area contributed by atoms with Crippen LogP contribution in [0.3, 0.4) is 0 Å². The van der Waals surface area contributed by atoms with Gasteiger partial charge < -0.3 is 10.2 Å². The summed E-state index contributed by atoms with van der Waals surface area (Å²) < 4.78 is 1.73. The van der Waals surface area contributed by atoms with E-state index in [0.29, 0.717) is 22.8 Å². The van der Waals surface area contributed by atoms with Gasteiger partial charge in [-0.2, -0.15) is 0 Å². The molecule has 0 aliphatic carbocycles. The summed E-state index contributed by atoms with van der Waals surface area (Å²) in [7, 11) is 0. The molecule has 0 radical (unpaired) electrons. The second-order valence-corrected chi connectivity index (χ2v) is 5.56. The Hall–Kier alpha value is -3.22. The van der Waals surface area contributed by atoms with Gasteiger partial charge in [-0.25, -0.2) is 4.98 Å². The van der Waals surface area contributed by atoms with Crippen LogP contribution in [0.15, 0.2) is 46.8 Å². The van der Waals surface area contributed by atoms with E-state index in [9.17, 15) is 9.90 Å². The number of aliphatic carboxylic acids is 1. The summed E-state index contributed by atoms with van der Waals surface area (Å²) >= 11 is 0. The van der Waals surface area contributed by atoms with E-state index < -0.39 is 5.97 Å². The molecule has 1 aromatic carbocycles. The monoisotopic (exact) mass is 324 g/mol. The van der Waals surface area contributed by atoms with E-state index in [-0.39, 0.29) is 12.2 Å². The highest BCUT2D eigenvalue weighted by atomic mass is 16.4. The van der Waals surface area contributed by atoms with E-state index in [2.05, 4.69) is 15.2 Å². The average Bonchev–Trinajstić information content (AvgIpc) is 2.82. The smallest absolute Gasteiger partial charge is 0.309 e. The van der Waals surface area contributed by atoms with Crippen LogP contribution in [0.25, 0.3) is 5.65 Å². The lowest BCUT2D eigenvalue weighted by atomic mass is 10.2. The van der Waals surface area contributed by atoms with Gasteiger partial charge in [0.15, 0.2) is 5.82 Å². The van der Waals surface area contributed by atoms with Gasteiger partial charge in [0.2, 0.25) is 0 Å². The minimum Gasteiger partial charge on any atom is -0.508 e. The first-order valence-corrected chi connectivity index (χ1v) is 7.35. The summed E-state index contributed by atoms with van der Waals surface area (Å²) in [6.45, 7) is 3.74. The zero-order valence-electron chi connectivity index (χ0n) is 13.3. The number of hydrogen-bond acceptors (Lipinski definition) is 5. The number of benzene rings is 1. The Kier molecular flexibility index (Phi) is 3.99. The molecule has 2 heterocycles. The van der Waals surface area contributed by atoms with Crippen LogP contribution in [0.5, 0.6) is 5.75 Å². The first-order valence-electron chi connectivity index (χ1n) is 7.35. The lowest BCUT2D eigenvalue weighted by molar-refractivity contribution is -0.136. The van der Waals surface area contributed by atoms with Crippen molar-refractivity contribution in [2.75, 3.05) is 0 Å². The van der Waals surface area contributed by atoms with Crippen LogP contribution < -0.4 is 0 Å². The van der Waals surface area contributed by atoms with Crippen LogP contribution >= 0.6 is 0 Å². The number of pyridine rings is 1. The van der Waals surface area contributed by atoms with Gasteiger partial charge in [-0.3, -0.25) is 9.20 Å². The summed E-state index contributed by atoms with van der Waals surface area (Å²) in [4.78, 5) is 15.4. The first-order chi connectivity index (χ1) is 11.4. The van der Waals surface area contributed by atoms with E-state index in [1.165, 1.54) is 6.07 Å². The number of carboxylic acids is 1. The molecule has 0 bridgehead atoms. The fourth-order valence-electron chi connectivity index (χ4n) is 2.41. The number of aromatic hydroxyl groups is 1. The van der Waals surface area contributed by atoms with Crippen molar-refractivity contribution in [3.8, 4) is 5.75 Å². The molecule has 2 N–H and O–H groups in total. The largest absolute Gasteiger partial charge is 0.508 e. The molecule has 0 aliphatic rings. The number of imidazole rings is 1. The first kappa shape index (κ1) is 15.7. The molecular weight excluding hydrogens is 308 g/mol. The van der Waals surface area contributed by atoms with Crippen LogP contribution in [0.1, 0.15) is 16.8 Å². The molecule has 7 nitrogen and oxygen atoms in total. The van der Waals surface area contributed by atoms with Gasteiger partial charge in [0.1, 0.15) is 11.4 Å². The molecule has 0 unspecified atom stereocenters. The average molecular weight is 324 g/mol. The number of nitrogens with zero attached hydrogens (tertiary/aromatic N) is 4. The SMILES string of the molecule is Cc1ccc2nc(CC(=O)O)c(N=Nc3ccc(O)cc3C)n2c1. The van der Waals surface area contributed by atoms with Crippen molar-refractivity contribution in [3.63, 3.8) is 0 Å². The highest BCUT2D eigenvalue weighted by Gasteiger charge is 2.15. The molecule has 3 aromatic rings. The summed E-state index contributed by atoms with van der Waals surface area (Å²) in [6, 6.07) is 8.48. The Bertz CT molecular complexity index is 960. The second-order valence-electron chi connectivity index (χ2n) is 5.56. The summed E-state index contributed by atoms with van der Waals surface area (Å²) in [5, 5.41) is 27.0. The highest BCUT2D eigenvalue weighted by molar-refractivity contribution is 5.72. The number of aromatic nitrogens is 2. The molecule has 0 aliphatic heterocycles. The van der Waals surface area contributed by atoms with Crippen LogP contribution in [-0.4, -0.2) is 25.6 Å². The van der Waals surface area contributed by atoms with Crippen molar-refractivity contribution in [2.45, 2.75) is 20.3 Å². The fourth-order valence-corrected chi connectivity index (χ4v) is 2.41. The zero-order valence-corrected chi connectivity index (χ0v) is 13.3. The molecule has 0 atom stereocenters. The Morgan fingerprint density at radius 2 is 2.00 bits per heavy atom. The van der Waals surface area contributed by atoms with Crippen LogP contribution in [0.4, 0.5) is 11.5 Å². The number of carboxylic acid groups (broad SMARTS) is 1. The Balaban J connectivity index is 2.10. The van der Waals surface area contributed by atoms with E-state index in [0.717, 1.165) is 11.1 Å². The third-order valence-corrected chi connectivity index (χ3v) is 3.56. The van der Waals surface area contributed by atoms with Crippen LogP contribution in [0.2, 0.25) is 0 Å². The predicted octanol–water partition coefficient (Wildman–Crippen LogP) is 3.70. The van der Waals surface area contributed by atoms with Crippen molar-refractivity contribution >= 4 is 23.1 Å². The Morgan fingerprint density at radius 3 is 2.71 bits per heavy atom. The van der Waals surface area contributed by atoms with Gasteiger partial charge in [-0.05, 0) is 49.2 Å². The number of phenols is 1. The minimum absolute atomic E-state index is 0.156. The molecule has 24 heavy (non-hydrogen) atoms. The lowest BCUT2D eigenvalue weighted by Gasteiger charge is -2.01. The molecule has 0 fully saturated rings. The Labute approximate surface area is 137 Å². The van der Waals surface area contributed by atoms with Crippen molar-refractivity contribution in [1.29, 1.82) is 0 Å². The van der Waals surface area contributed by atoms with Crippen molar-refractivity contribution < 1.29 is 15.0 Å². The normalized spacial score (nSPS) is 11.4. The van der Waals surface area contributed by atoms with Gasteiger partial charge >= 0.3 is 5.97 Å². The molecule has 122 valence electrons. The molecule has 3 rings (SSSR count). The van der Waals surface area contributed by atoms with E-state index in [4.69, 9.17) is 5.11 Å². The van der Waals surface area contributed by atoms with Crippen molar-refractivity contribution in [2.24, 2.45) is 10.2 Å². The summed E-state index contributed by atoms with van der Waals surface area (Å²) in [5.41, 5.74) is 3.33. The van der Waals surface area contributed by atoms with Gasteiger partial charge in [0.05, 0.1) is 17.8 Å². The molecule has 2 aromatic heterocycles. The molecule has 0 saturated carbocycles. The highest BCUT2D eigenvalue weighted by Crippen LogP contribution is 2.28. The standard InChI is InChI=1S/C17H16N4O3/c1-10-3-6-15-18-14(8-16(23)24)17(21(15)9-10)20-19-13-5-4-12(22)7-11(13)2/h3-7,9,22H,8H2,1-2H3,(H,23,24). The van der Waals surface area contributed by atoms with E-state index in [1.54, 1.807) is 16.5 Å². The van der Waals surface area contributed by atoms with Gasteiger partial charge in [0, 0.05) is 6.20 Å². The minimum atomic E-state index is -0.979. The molecule has 0 spiro atoms. The topological polar surface area (TPSA) is 99.5 Å². The third kappa shape index (κ3) is 3.10. The van der Waals surface area contributed by atoms with Gasteiger partial charge in [-0.15, -0.1) is 10.2 Å². The Morgan fingerprint density at radius 1 is 1.21 bits per heavy atom. The van der Waals surface area contributed by atoms with Gasteiger partial charge in [0.25, 0.3) is 0 Å². The number of fused-ring (bicyclic) bond motifs is 1. The predicted molar refractivity (Wildman–Crippen MR) is 88.3 cm³/mol. The van der Waals surface area contributed by atoms with Crippen molar-refractivity contribution in [1.82, 2.24) is 9.38 Å². The maximum absolute atomic E-state index is 11.1. The number of hydrogen-bond donors (Lipinski definition) is 2. The molecular formula is C17H16N4O3. The number of carbonyl (C=O) groups is 1. The number of rotatable bonds is 4. The fraction of sp³-hybridized carbons (Fsp3) is 0.176. The van der Waals surface area contributed by atoms with Crippen LogP contribution in [-0.2, 0) is 11.2 Å². The molecule has 0 saturated heterocycles. The second kappa shape index (κ2) is 6.11. The lowest BCUT2D eigenvalue weighted by Crippen LogP contribution is -2.00. The van der Waals surface area contributed by atoms with Crippen molar-refractivity contribution in [3.05, 3.63) is 53.3 Å². The quantitative estimate of drug-likeness (QED) is 0.715. The van der Waals surface area contributed by atoms with E-state index in [1.807, 2.05) is 32.2 Å².